The van der Waals surface area contributed by atoms with Crippen molar-refractivity contribution in [2.45, 2.75) is 132 Å². The van der Waals surface area contributed by atoms with Crippen LogP contribution in [0.4, 0.5) is 0 Å². The molecule has 0 aliphatic heterocycles. The number of hydrogen-bond acceptors (Lipinski definition) is 0. The minimum absolute atomic E-state index is 0. The second-order valence-corrected chi connectivity index (χ2v) is 68.3. The second kappa shape index (κ2) is 12.5. The minimum Gasteiger partial charge on any atom is -0.282 e. The van der Waals surface area contributed by atoms with Gasteiger partial charge in [0.15, 0.2) is 0 Å². The molecule has 11 heteroatoms. The Morgan fingerprint density at radius 2 is 0.469 bits per heavy atom. The van der Waals surface area contributed by atoms with Crippen molar-refractivity contribution < 1.29 is 18.9 Å². The zero-order chi connectivity index (χ0) is 25.4. The van der Waals surface area contributed by atoms with Gasteiger partial charge in [0.25, 0.3) is 0 Å². The minimum atomic E-state index is -1.12. The summed E-state index contributed by atoms with van der Waals surface area (Å²) in [7, 11) is -2.87. The first-order valence-electron chi connectivity index (χ1n) is 12.3. The second-order valence-electron chi connectivity index (χ2n) is 16.3. The van der Waals surface area contributed by atoms with Crippen molar-refractivity contribution >= 4 is 82.9 Å². The van der Waals surface area contributed by atoms with Crippen LogP contribution in [0, 0.1) is 0 Å². The molecular formula is C21H57LiSi10. The van der Waals surface area contributed by atoms with E-state index in [1.54, 1.807) is 0 Å². The maximum absolute atomic E-state index is 2.71. The SMILES string of the molecule is C[Si](C)(C)C([Si][Si-]([Si]C([Si](C)(C)C)[Si](C)(C)C)[Si]C([Si](C)(C)C)[Si](C)(C)C)[Si](C)(C)C.[Li+]. The number of rotatable bonds is 12. The van der Waals surface area contributed by atoms with E-state index in [-0.39, 0.29) is 26.2 Å². The zero-order valence-corrected chi connectivity index (χ0v) is 35.7. The molecule has 0 aromatic rings. The van der Waals surface area contributed by atoms with Gasteiger partial charge in [-0.15, -0.1) is 0 Å². The van der Waals surface area contributed by atoms with Crippen LogP contribution in [-0.4, -0.2) is 82.9 Å². The van der Waals surface area contributed by atoms with E-state index in [4.69, 9.17) is 0 Å². The summed E-state index contributed by atoms with van der Waals surface area (Å²) in [5.74, 6) is 0. The van der Waals surface area contributed by atoms with E-state index in [1.807, 2.05) is 0 Å². The summed E-state index contributed by atoms with van der Waals surface area (Å²) in [6.45, 7) is 48.7. The van der Waals surface area contributed by atoms with Gasteiger partial charge in [-0.2, -0.15) is 27.1 Å². The van der Waals surface area contributed by atoms with Crippen LogP contribution in [0.3, 0.4) is 0 Å². The van der Waals surface area contributed by atoms with Crippen LogP contribution in [0.1, 0.15) is 0 Å². The van der Waals surface area contributed by atoms with Crippen LogP contribution in [0.25, 0.3) is 0 Å². The smallest absolute Gasteiger partial charge is 0.282 e. The average Bonchev–Trinajstić information content (AvgIpc) is 2.37. The van der Waals surface area contributed by atoms with Crippen LogP contribution in [0.2, 0.25) is 132 Å². The average molecular weight is 597 g/mol. The summed E-state index contributed by atoms with van der Waals surface area (Å²) < 4.78 is 0. The third kappa shape index (κ3) is 12.8. The molecule has 0 aromatic carbocycles. The molecule has 0 nitrogen and oxygen atoms in total. The molecular weight excluding hydrogens is 540 g/mol. The molecule has 0 amide bonds. The molecule has 0 aliphatic rings. The third-order valence-electron chi connectivity index (χ3n) is 6.06. The summed E-state index contributed by atoms with van der Waals surface area (Å²) in [5.41, 5.74) is 0. The molecule has 0 aromatic heterocycles. The van der Waals surface area contributed by atoms with Crippen molar-refractivity contribution in [1.82, 2.24) is 0 Å². The first kappa shape index (κ1) is 36.9. The van der Waals surface area contributed by atoms with Gasteiger partial charge in [0.1, 0.15) is 0 Å². The van der Waals surface area contributed by atoms with Crippen molar-refractivity contribution in [1.29, 1.82) is 0 Å². The quantitative estimate of drug-likeness (QED) is 0.286. The Balaban J connectivity index is 0. The molecule has 0 spiro atoms. The van der Waals surface area contributed by atoms with Crippen LogP contribution >= 0.6 is 0 Å². The zero-order valence-electron chi connectivity index (χ0n) is 25.7. The van der Waals surface area contributed by atoms with Gasteiger partial charge in [-0.3, -0.25) is 7.35 Å². The molecule has 0 saturated heterocycles. The van der Waals surface area contributed by atoms with Gasteiger partial charge in [0, 0.05) is 48.4 Å². The van der Waals surface area contributed by atoms with Crippen LogP contribution < -0.4 is 18.9 Å². The predicted molar refractivity (Wildman–Crippen MR) is 174 cm³/mol. The molecule has 32 heavy (non-hydrogen) atoms. The van der Waals surface area contributed by atoms with Crippen LogP contribution in [-0.2, 0) is 0 Å². The van der Waals surface area contributed by atoms with Gasteiger partial charge >= 0.3 is 18.9 Å². The fraction of sp³-hybridized carbons (Fsp3) is 1.00. The molecule has 0 fully saturated rings. The summed E-state index contributed by atoms with van der Waals surface area (Å²) in [6.07, 6.45) is 0. The van der Waals surface area contributed by atoms with Crippen molar-refractivity contribution in [2.75, 3.05) is 0 Å². The van der Waals surface area contributed by atoms with Gasteiger partial charge in [0.2, 0.25) is 0 Å². The van der Waals surface area contributed by atoms with Crippen molar-refractivity contribution in [3.05, 3.63) is 0 Å². The van der Waals surface area contributed by atoms with Crippen molar-refractivity contribution in [3.63, 3.8) is 0 Å². The monoisotopic (exact) mass is 596 g/mol. The normalized spacial score (nSPS) is 15.2. The molecule has 182 valence electrons. The summed E-state index contributed by atoms with van der Waals surface area (Å²) in [5, 5.41) is 0. The standard InChI is InChI=1S/C21H57Si10.Li/c1-26(2,3)19(27(4,5)6)22-25(23-20(28(7,8)9)29(10,11)12)24-21(30(13,14)15)31(16,17)18;/h19-21H,1-18H3;/q-1;+1. The topological polar surface area (TPSA) is 0 Å². The fourth-order valence-corrected chi connectivity index (χ4v) is 109. The van der Waals surface area contributed by atoms with E-state index in [2.05, 4.69) is 118 Å². The van der Waals surface area contributed by atoms with Gasteiger partial charge in [-0.05, 0) is 0 Å². The molecule has 0 aliphatic carbocycles. The van der Waals surface area contributed by atoms with E-state index in [0.717, 1.165) is 14.4 Å². The third-order valence-corrected chi connectivity index (χ3v) is 70.1. The first-order valence-corrected chi connectivity index (χ1v) is 41.5. The Labute approximate surface area is 232 Å². The fourth-order valence-electron chi connectivity index (χ4n) is 5.75. The molecule has 6 radical (unpaired) electrons. The summed E-state index contributed by atoms with van der Waals surface area (Å²) >= 11 is 0. The molecule has 0 saturated carbocycles. The molecule has 0 bridgehead atoms. The Morgan fingerprint density at radius 1 is 0.344 bits per heavy atom. The maximum Gasteiger partial charge on any atom is 1.00 e. The van der Waals surface area contributed by atoms with Gasteiger partial charge in [-0.1, -0.05) is 132 Å². The van der Waals surface area contributed by atoms with Crippen LogP contribution in [0.5, 0.6) is 0 Å². The molecule has 0 atom stereocenters. The Bertz CT molecular complexity index is 433. The van der Waals surface area contributed by atoms with Gasteiger partial charge in [0.05, 0.1) is 0 Å². The predicted octanol–water partition coefficient (Wildman–Crippen LogP) is 4.72. The van der Waals surface area contributed by atoms with Crippen molar-refractivity contribution in [3.8, 4) is 0 Å². The molecule has 0 rings (SSSR count). The van der Waals surface area contributed by atoms with E-state index in [9.17, 15) is 0 Å². The molecule has 0 unspecified atom stereocenters. The van der Waals surface area contributed by atoms with E-state index in [0.29, 0.717) is 0 Å². The largest absolute Gasteiger partial charge is 1.00 e. The maximum atomic E-state index is 2.71. The molecule has 0 heterocycles. The van der Waals surface area contributed by atoms with Gasteiger partial charge < -0.3 is 0 Å². The van der Waals surface area contributed by atoms with Crippen molar-refractivity contribution in [2.24, 2.45) is 0 Å². The molecule has 0 N–H and O–H groups in total. The first-order chi connectivity index (χ1) is 13.2. The Hall–Kier alpha value is 2.77. The van der Waals surface area contributed by atoms with E-state index < -0.39 is 48.4 Å². The van der Waals surface area contributed by atoms with Crippen LogP contribution in [0.15, 0.2) is 0 Å². The van der Waals surface area contributed by atoms with E-state index in [1.165, 1.54) is 27.1 Å². The van der Waals surface area contributed by atoms with E-state index >= 15 is 0 Å². The summed E-state index contributed by atoms with van der Waals surface area (Å²) in [4.78, 5) is 3.42. The number of hydrogen-bond donors (Lipinski definition) is 0. The summed E-state index contributed by atoms with van der Waals surface area (Å²) in [6, 6.07) is 0. The Morgan fingerprint density at radius 3 is 0.562 bits per heavy atom. The van der Waals surface area contributed by atoms with Gasteiger partial charge in [-0.25, -0.2) is 0 Å². The Kier molecular flexibility index (Phi) is 14.5.